The topological polar surface area (TPSA) is 86.1 Å². The number of likely N-dealkylation sites (tertiary alicyclic amines) is 1. The Bertz CT molecular complexity index is 986. The standard InChI is InChI=1S/C21H18F2N4O2/c1-14(15-5-3-2-4-6-15)18-11-25-8-7-17(18)20(29)26-12-19(28)27-13-21(22,23)9-16(27)10-24/h2-8,11,16H,1,9,12-13H2,(H,26,29)/t16-/m0/s1. The molecule has 0 spiro atoms. The fourth-order valence-electron chi connectivity index (χ4n) is 3.17. The molecule has 1 saturated heterocycles. The Hall–Kier alpha value is -3.60. The van der Waals surface area contributed by atoms with Gasteiger partial charge in [-0.05, 0) is 17.2 Å². The van der Waals surface area contributed by atoms with Crippen LogP contribution in [0, 0.1) is 11.3 Å². The summed E-state index contributed by atoms with van der Waals surface area (Å²) in [6.45, 7) is 2.70. The molecule has 6 nitrogen and oxygen atoms in total. The number of nitrogens with one attached hydrogen (secondary N) is 1. The summed E-state index contributed by atoms with van der Waals surface area (Å²) < 4.78 is 27.0. The maximum Gasteiger partial charge on any atom is 0.268 e. The Morgan fingerprint density at radius 3 is 2.69 bits per heavy atom. The highest BCUT2D eigenvalue weighted by atomic mass is 19.3. The first-order chi connectivity index (χ1) is 13.8. The first-order valence-corrected chi connectivity index (χ1v) is 8.86. The molecule has 1 aliphatic rings. The molecule has 1 aromatic carbocycles. The van der Waals surface area contributed by atoms with Gasteiger partial charge in [-0.15, -0.1) is 0 Å². The fourth-order valence-corrected chi connectivity index (χ4v) is 3.17. The van der Waals surface area contributed by atoms with Crippen LogP contribution in [0.3, 0.4) is 0 Å². The Morgan fingerprint density at radius 1 is 1.28 bits per heavy atom. The van der Waals surface area contributed by atoms with Gasteiger partial charge in [-0.2, -0.15) is 5.26 Å². The van der Waals surface area contributed by atoms with E-state index in [1.54, 1.807) is 6.07 Å². The summed E-state index contributed by atoms with van der Waals surface area (Å²) in [7, 11) is 0. The van der Waals surface area contributed by atoms with E-state index in [2.05, 4.69) is 16.9 Å². The zero-order valence-electron chi connectivity index (χ0n) is 15.4. The predicted molar refractivity (Wildman–Crippen MR) is 102 cm³/mol. The number of halogens is 2. The zero-order chi connectivity index (χ0) is 21.0. The number of alkyl halides is 2. The lowest BCUT2D eigenvalue weighted by Crippen LogP contribution is -2.43. The van der Waals surface area contributed by atoms with Crippen LogP contribution in [0.15, 0.2) is 55.4 Å². The molecule has 2 amide bonds. The maximum absolute atomic E-state index is 13.5. The van der Waals surface area contributed by atoms with Gasteiger partial charge in [-0.25, -0.2) is 8.78 Å². The highest BCUT2D eigenvalue weighted by molar-refractivity contribution is 6.01. The van der Waals surface area contributed by atoms with E-state index in [9.17, 15) is 18.4 Å². The molecule has 29 heavy (non-hydrogen) atoms. The molecule has 1 aliphatic heterocycles. The molecule has 148 valence electrons. The van der Waals surface area contributed by atoms with Crippen LogP contribution in [0.2, 0.25) is 0 Å². The maximum atomic E-state index is 13.5. The van der Waals surface area contributed by atoms with Gasteiger partial charge in [0, 0.05) is 24.4 Å². The number of carbonyl (C=O) groups excluding carboxylic acids is 2. The second-order valence-electron chi connectivity index (χ2n) is 6.68. The minimum absolute atomic E-state index is 0.255. The van der Waals surface area contributed by atoms with E-state index < -0.39 is 43.3 Å². The Balaban J connectivity index is 1.72. The van der Waals surface area contributed by atoms with Crippen molar-refractivity contribution in [3.05, 3.63) is 72.1 Å². The Labute approximate surface area is 166 Å². The summed E-state index contributed by atoms with van der Waals surface area (Å²) >= 11 is 0. The molecule has 1 atom stereocenters. The third-order valence-electron chi connectivity index (χ3n) is 4.65. The van der Waals surface area contributed by atoms with Gasteiger partial charge in [-0.3, -0.25) is 14.6 Å². The van der Waals surface area contributed by atoms with Crippen LogP contribution < -0.4 is 5.32 Å². The molecule has 1 fully saturated rings. The molecular weight excluding hydrogens is 378 g/mol. The van der Waals surface area contributed by atoms with Gasteiger partial charge in [0.05, 0.1) is 24.7 Å². The highest BCUT2D eigenvalue weighted by Crippen LogP contribution is 2.31. The van der Waals surface area contributed by atoms with Crippen LogP contribution in [0.1, 0.15) is 27.9 Å². The van der Waals surface area contributed by atoms with Crippen molar-refractivity contribution < 1.29 is 18.4 Å². The lowest BCUT2D eigenvalue weighted by atomic mass is 9.96. The van der Waals surface area contributed by atoms with Gasteiger partial charge in [-0.1, -0.05) is 36.9 Å². The van der Waals surface area contributed by atoms with Crippen molar-refractivity contribution in [3.8, 4) is 6.07 Å². The molecule has 1 N–H and O–H groups in total. The van der Waals surface area contributed by atoms with Crippen molar-refractivity contribution in [2.45, 2.75) is 18.4 Å². The van der Waals surface area contributed by atoms with E-state index in [0.29, 0.717) is 11.1 Å². The van der Waals surface area contributed by atoms with E-state index in [0.717, 1.165) is 10.5 Å². The van der Waals surface area contributed by atoms with Crippen molar-refractivity contribution in [3.63, 3.8) is 0 Å². The van der Waals surface area contributed by atoms with Gasteiger partial charge in [0.25, 0.3) is 11.8 Å². The van der Waals surface area contributed by atoms with Gasteiger partial charge in [0.2, 0.25) is 5.91 Å². The molecule has 0 bridgehead atoms. The molecule has 0 saturated carbocycles. The van der Waals surface area contributed by atoms with Crippen molar-refractivity contribution >= 4 is 17.4 Å². The van der Waals surface area contributed by atoms with Gasteiger partial charge in [0.1, 0.15) is 6.04 Å². The second kappa shape index (κ2) is 8.19. The van der Waals surface area contributed by atoms with Crippen LogP contribution in [0.5, 0.6) is 0 Å². The largest absolute Gasteiger partial charge is 0.343 e. The minimum Gasteiger partial charge on any atom is -0.343 e. The van der Waals surface area contributed by atoms with Crippen LogP contribution in [0.25, 0.3) is 5.57 Å². The molecule has 8 heteroatoms. The number of hydrogen-bond acceptors (Lipinski definition) is 4. The molecule has 0 unspecified atom stereocenters. The number of pyridine rings is 1. The third-order valence-corrected chi connectivity index (χ3v) is 4.65. The summed E-state index contributed by atoms with van der Waals surface area (Å²) in [5, 5.41) is 11.4. The van der Waals surface area contributed by atoms with Crippen LogP contribution >= 0.6 is 0 Å². The lowest BCUT2D eigenvalue weighted by molar-refractivity contribution is -0.131. The average Bonchev–Trinajstić information content (AvgIpc) is 3.06. The highest BCUT2D eigenvalue weighted by Gasteiger charge is 2.47. The molecule has 3 rings (SSSR count). The zero-order valence-corrected chi connectivity index (χ0v) is 15.4. The number of carbonyl (C=O) groups is 2. The summed E-state index contributed by atoms with van der Waals surface area (Å²) in [6.07, 6.45) is 2.23. The fraction of sp³-hybridized carbons (Fsp3) is 0.238. The summed E-state index contributed by atoms with van der Waals surface area (Å²) in [5.74, 6) is -4.40. The van der Waals surface area contributed by atoms with E-state index in [4.69, 9.17) is 5.26 Å². The van der Waals surface area contributed by atoms with Gasteiger partial charge < -0.3 is 10.2 Å². The second-order valence-corrected chi connectivity index (χ2v) is 6.68. The van der Waals surface area contributed by atoms with E-state index >= 15 is 0 Å². The van der Waals surface area contributed by atoms with Crippen molar-refractivity contribution in [2.24, 2.45) is 0 Å². The normalized spacial score (nSPS) is 17.4. The van der Waals surface area contributed by atoms with Crippen LogP contribution in [-0.4, -0.2) is 46.8 Å². The average molecular weight is 396 g/mol. The molecular formula is C21H18F2N4O2. The molecule has 1 aromatic heterocycles. The smallest absolute Gasteiger partial charge is 0.268 e. The van der Waals surface area contributed by atoms with Crippen LogP contribution in [0.4, 0.5) is 8.78 Å². The summed E-state index contributed by atoms with van der Waals surface area (Å²) in [4.78, 5) is 29.7. The molecule has 0 aliphatic carbocycles. The van der Waals surface area contributed by atoms with E-state index in [1.165, 1.54) is 18.5 Å². The van der Waals surface area contributed by atoms with Crippen molar-refractivity contribution in [1.29, 1.82) is 5.26 Å². The molecule has 2 aromatic rings. The molecule has 2 heterocycles. The SMILES string of the molecule is C=C(c1ccccc1)c1cnccc1C(=O)NCC(=O)N1CC(F)(F)C[C@H]1C#N. The molecule has 0 radical (unpaired) electrons. The number of rotatable bonds is 5. The first-order valence-electron chi connectivity index (χ1n) is 8.86. The van der Waals surface area contributed by atoms with Crippen LogP contribution in [-0.2, 0) is 4.79 Å². The predicted octanol–water partition coefficient (Wildman–Crippen LogP) is 2.63. The minimum atomic E-state index is -3.11. The number of nitrogens with zero attached hydrogens (tertiary/aromatic N) is 3. The number of hydrogen-bond donors (Lipinski definition) is 1. The quantitative estimate of drug-likeness (QED) is 0.842. The van der Waals surface area contributed by atoms with Crippen molar-refractivity contribution in [1.82, 2.24) is 15.2 Å². The first kappa shape index (κ1) is 20.1. The summed E-state index contributed by atoms with van der Waals surface area (Å²) in [6, 6.07) is 11.2. The Kier molecular flexibility index (Phi) is 5.69. The number of nitriles is 1. The third kappa shape index (κ3) is 4.46. The van der Waals surface area contributed by atoms with E-state index in [-0.39, 0.29) is 5.56 Å². The monoisotopic (exact) mass is 396 g/mol. The van der Waals surface area contributed by atoms with E-state index in [1.807, 2.05) is 30.3 Å². The number of amides is 2. The summed E-state index contributed by atoms with van der Waals surface area (Å²) in [5.41, 5.74) is 2.14. The number of aromatic nitrogens is 1. The lowest BCUT2D eigenvalue weighted by Gasteiger charge is -2.19. The van der Waals surface area contributed by atoms with Gasteiger partial charge in [0.15, 0.2) is 0 Å². The Morgan fingerprint density at radius 2 is 2.00 bits per heavy atom. The van der Waals surface area contributed by atoms with Crippen molar-refractivity contribution in [2.75, 3.05) is 13.1 Å². The van der Waals surface area contributed by atoms with Gasteiger partial charge >= 0.3 is 0 Å². The number of benzene rings is 1.